The van der Waals surface area contributed by atoms with Crippen molar-refractivity contribution in [3.63, 3.8) is 0 Å². The molecule has 0 aromatic heterocycles. The number of likely N-dealkylation sites (tertiary alicyclic amines) is 1. The predicted octanol–water partition coefficient (Wildman–Crippen LogP) is 4.19. The minimum Gasteiger partial charge on any atom is -0.445 e. The van der Waals surface area contributed by atoms with Crippen molar-refractivity contribution in [3.8, 4) is 0 Å². The molecule has 6 nitrogen and oxygen atoms in total. The summed E-state index contributed by atoms with van der Waals surface area (Å²) in [5, 5.41) is 0. The first-order valence-corrected chi connectivity index (χ1v) is 9.80. The highest BCUT2D eigenvalue weighted by molar-refractivity contribution is 5.70. The van der Waals surface area contributed by atoms with Gasteiger partial charge in [0.05, 0.1) is 0 Å². The van der Waals surface area contributed by atoms with Crippen LogP contribution in [0.25, 0.3) is 0 Å². The van der Waals surface area contributed by atoms with Gasteiger partial charge in [0.15, 0.2) is 0 Å². The van der Waals surface area contributed by atoms with E-state index in [-0.39, 0.29) is 24.8 Å². The lowest BCUT2D eigenvalue weighted by Crippen LogP contribution is -2.50. The predicted molar refractivity (Wildman–Crippen MR) is 102 cm³/mol. The Balaban J connectivity index is 1.49. The largest absolute Gasteiger partial charge is 0.445 e. The van der Waals surface area contributed by atoms with Crippen molar-refractivity contribution in [2.45, 2.75) is 70.7 Å². The number of piperidine rings is 1. The van der Waals surface area contributed by atoms with E-state index in [2.05, 4.69) is 0 Å². The topological polar surface area (TPSA) is 59.1 Å². The van der Waals surface area contributed by atoms with Crippen LogP contribution in [0.3, 0.4) is 0 Å². The number of carbonyl (C=O) groups excluding carboxylic acids is 2. The van der Waals surface area contributed by atoms with E-state index in [0.29, 0.717) is 19.1 Å². The number of hydrogen-bond acceptors (Lipinski definition) is 4. The molecule has 0 bridgehead atoms. The van der Waals surface area contributed by atoms with E-state index >= 15 is 0 Å². The molecule has 0 unspecified atom stereocenters. The van der Waals surface area contributed by atoms with Crippen molar-refractivity contribution < 1.29 is 19.1 Å². The van der Waals surface area contributed by atoms with Gasteiger partial charge < -0.3 is 19.3 Å². The second-order valence-electron chi connectivity index (χ2n) is 8.38. The zero-order chi connectivity index (χ0) is 19.4. The average Bonchev–Trinajstić information content (AvgIpc) is 3.45. The minimum absolute atomic E-state index is 0.130. The van der Waals surface area contributed by atoms with Crippen LogP contribution in [0.1, 0.15) is 52.0 Å². The third-order valence-corrected chi connectivity index (χ3v) is 4.87. The molecule has 27 heavy (non-hydrogen) atoms. The first kappa shape index (κ1) is 19.5. The summed E-state index contributed by atoms with van der Waals surface area (Å²) in [6, 6.07) is 10.1. The molecule has 1 saturated carbocycles. The van der Waals surface area contributed by atoms with Crippen molar-refractivity contribution in [1.82, 2.24) is 9.80 Å². The molecule has 1 saturated heterocycles. The van der Waals surface area contributed by atoms with Crippen molar-refractivity contribution >= 4 is 12.2 Å². The maximum atomic E-state index is 12.6. The Morgan fingerprint density at radius 3 is 2.19 bits per heavy atom. The Labute approximate surface area is 161 Å². The van der Waals surface area contributed by atoms with Crippen molar-refractivity contribution in [2.75, 3.05) is 13.1 Å². The molecule has 3 rings (SSSR count). The molecule has 1 aliphatic heterocycles. The Kier molecular flexibility index (Phi) is 5.92. The fourth-order valence-electron chi connectivity index (χ4n) is 3.40. The summed E-state index contributed by atoms with van der Waals surface area (Å²) in [6.07, 6.45) is 3.09. The monoisotopic (exact) mass is 374 g/mol. The molecule has 2 fully saturated rings. The first-order chi connectivity index (χ1) is 12.8. The Hall–Kier alpha value is -2.24. The summed E-state index contributed by atoms with van der Waals surface area (Å²) < 4.78 is 11.0. The summed E-state index contributed by atoms with van der Waals surface area (Å²) in [4.78, 5) is 28.6. The van der Waals surface area contributed by atoms with Crippen molar-refractivity contribution in [3.05, 3.63) is 35.9 Å². The number of carbonyl (C=O) groups is 2. The highest BCUT2D eigenvalue weighted by atomic mass is 16.6. The molecular formula is C21H30N2O4. The summed E-state index contributed by atoms with van der Waals surface area (Å²) in [6.45, 7) is 7.16. The van der Waals surface area contributed by atoms with Crippen LogP contribution < -0.4 is 0 Å². The smallest absolute Gasteiger partial charge is 0.410 e. The molecule has 148 valence electrons. The van der Waals surface area contributed by atoms with E-state index in [4.69, 9.17) is 9.47 Å². The van der Waals surface area contributed by atoms with Gasteiger partial charge in [0.25, 0.3) is 0 Å². The van der Waals surface area contributed by atoms with Crippen LogP contribution in [0.5, 0.6) is 0 Å². The van der Waals surface area contributed by atoms with Gasteiger partial charge in [-0.15, -0.1) is 0 Å². The van der Waals surface area contributed by atoms with Gasteiger partial charge in [0.2, 0.25) is 0 Å². The van der Waals surface area contributed by atoms with E-state index in [1.807, 2.05) is 56.0 Å². The number of nitrogens with zero attached hydrogens (tertiary/aromatic N) is 2. The van der Waals surface area contributed by atoms with Crippen LogP contribution >= 0.6 is 0 Å². The molecule has 0 radical (unpaired) electrons. The molecular weight excluding hydrogens is 344 g/mol. The zero-order valence-corrected chi connectivity index (χ0v) is 16.5. The molecule has 1 aromatic carbocycles. The third-order valence-electron chi connectivity index (χ3n) is 4.87. The highest BCUT2D eigenvalue weighted by Crippen LogP contribution is 2.33. The molecule has 1 aromatic rings. The fraction of sp³-hybridized carbons (Fsp3) is 0.619. The highest BCUT2D eigenvalue weighted by Gasteiger charge is 2.41. The molecule has 1 heterocycles. The number of rotatable bonds is 4. The lowest BCUT2D eigenvalue weighted by Gasteiger charge is -2.38. The van der Waals surface area contributed by atoms with Gasteiger partial charge in [-0.25, -0.2) is 9.59 Å². The van der Waals surface area contributed by atoms with E-state index in [0.717, 1.165) is 31.2 Å². The number of benzene rings is 1. The van der Waals surface area contributed by atoms with Gasteiger partial charge in [-0.3, -0.25) is 0 Å². The molecule has 0 N–H and O–H groups in total. The molecule has 2 aliphatic rings. The van der Waals surface area contributed by atoms with Gasteiger partial charge in [-0.2, -0.15) is 0 Å². The standard InChI is InChI=1S/C21H30N2O4/c1-21(2,3)27-20(25)23(17-9-10-17)18-11-13-22(14-12-18)19(24)26-15-16-7-5-4-6-8-16/h4-8,17-18H,9-15H2,1-3H3. The summed E-state index contributed by atoms with van der Waals surface area (Å²) in [7, 11) is 0. The lowest BCUT2D eigenvalue weighted by molar-refractivity contribution is 0.00546. The SMILES string of the molecule is CC(C)(C)OC(=O)N(C1CC1)C1CCN(C(=O)OCc2ccccc2)CC1. The summed E-state index contributed by atoms with van der Waals surface area (Å²) in [5.41, 5.74) is 0.484. The number of ether oxygens (including phenoxy) is 2. The first-order valence-electron chi connectivity index (χ1n) is 9.80. The van der Waals surface area contributed by atoms with E-state index < -0.39 is 5.60 Å². The summed E-state index contributed by atoms with van der Waals surface area (Å²) in [5.74, 6) is 0. The Morgan fingerprint density at radius 2 is 1.63 bits per heavy atom. The number of hydrogen-bond donors (Lipinski definition) is 0. The maximum absolute atomic E-state index is 12.6. The maximum Gasteiger partial charge on any atom is 0.410 e. The van der Waals surface area contributed by atoms with E-state index in [1.165, 1.54) is 0 Å². The molecule has 6 heteroatoms. The second kappa shape index (κ2) is 8.19. The van der Waals surface area contributed by atoms with E-state index in [9.17, 15) is 9.59 Å². The van der Waals surface area contributed by atoms with Crippen LogP contribution in [0.15, 0.2) is 30.3 Å². The van der Waals surface area contributed by atoms with Gasteiger partial charge >= 0.3 is 12.2 Å². The van der Waals surface area contributed by atoms with E-state index in [1.54, 1.807) is 4.90 Å². The van der Waals surface area contributed by atoms with Crippen LogP contribution in [-0.4, -0.2) is 52.8 Å². The van der Waals surface area contributed by atoms with Gasteiger partial charge in [0, 0.05) is 25.2 Å². The molecule has 1 aliphatic carbocycles. The van der Waals surface area contributed by atoms with Gasteiger partial charge in [-0.05, 0) is 52.0 Å². The molecule has 2 amide bonds. The molecule has 0 spiro atoms. The lowest BCUT2D eigenvalue weighted by atomic mass is 10.0. The van der Waals surface area contributed by atoms with Crippen LogP contribution in [0.2, 0.25) is 0 Å². The fourth-order valence-corrected chi connectivity index (χ4v) is 3.40. The van der Waals surface area contributed by atoms with Crippen LogP contribution in [-0.2, 0) is 16.1 Å². The van der Waals surface area contributed by atoms with Crippen molar-refractivity contribution in [2.24, 2.45) is 0 Å². The number of amides is 2. The third kappa shape index (κ3) is 5.62. The zero-order valence-electron chi connectivity index (χ0n) is 16.5. The second-order valence-corrected chi connectivity index (χ2v) is 8.38. The normalized spacial score (nSPS) is 18.1. The Bertz CT molecular complexity index is 644. The average molecular weight is 374 g/mol. The molecule has 0 atom stereocenters. The van der Waals surface area contributed by atoms with Gasteiger partial charge in [0.1, 0.15) is 12.2 Å². The quantitative estimate of drug-likeness (QED) is 0.793. The van der Waals surface area contributed by atoms with Crippen LogP contribution in [0, 0.1) is 0 Å². The minimum atomic E-state index is -0.494. The van der Waals surface area contributed by atoms with Crippen molar-refractivity contribution in [1.29, 1.82) is 0 Å². The Morgan fingerprint density at radius 1 is 1.04 bits per heavy atom. The van der Waals surface area contributed by atoms with Gasteiger partial charge in [-0.1, -0.05) is 30.3 Å². The van der Waals surface area contributed by atoms with Crippen LogP contribution in [0.4, 0.5) is 9.59 Å². The summed E-state index contributed by atoms with van der Waals surface area (Å²) >= 11 is 0.